The van der Waals surface area contributed by atoms with E-state index in [4.69, 9.17) is 9.47 Å². The molecule has 0 bridgehead atoms. The van der Waals surface area contributed by atoms with Crippen LogP contribution in [-0.2, 0) is 31.9 Å². The Morgan fingerprint density at radius 2 is 1.82 bits per heavy atom. The monoisotopic (exact) mass is 297 g/mol. The van der Waals surface area contributed by atoms with Crippen molar-refractivity contribution >= 4 is 11.9 Å². The SMILES string of the molecule is COC(=O)C(Cc1ccccc1)OC(=O)Cc1c[c]ccc1. The molecule has 0 fully saturated rings. The van der Waals surface area contributed by atoms with Crippen molar-refractivity contribution in [3.05, 3.63) is 71.8 Å². The molecule has 1 radical (unpaired) electrons. The van der Waals surface area contributed by atoms with Crippen molar-refractivity contribution in [3.63, 3.8) is 0 Å². The minimum atomic E-state index is -0.937. The van der Waals surface area contributed by atoms with Gasteiger partial charge in [0.2, 0.25) is 6.10 Å². The third-order valence-corrected chi connectivity index (χ3v) is 3.12. The summed E-state index contributed by atoms with van der Waals surface area (Å²) in [5.74, 6) is -1.03. The maximum atomic E-state index is 12.0. The first-order valence-corrected chi connectivity index (χ1v) is 6.95. The standard InChI is InChI=1S/C18H17O4/c1-21-18(20)16(12-14-8-4-2-5-9-14)22-17(19)13-15-10-6-3-7-11-15/h2-6,8-11,16H,12-13H2,1H3. The summed E-state index contributed by atoms with van der Waals surface area (Å²) >= 11 is 0. The van der Waals surface area contributed by atoms with E-state index in [0.29, 0.717) is 6.42 Å². The van der Waals surface area contributed by atoms with Crippen LogP contribution in [0.1, 0.15) is 11.1 Å². The average molecular weight is 297 g/mol. The molecule has 0 aromatic heterocycles. The lowest BCUT2D eigenvalue weighted by Crippen LogP contribution is -2.31. The van der Waals surface area contributed by atoms with Gasteiger partial charge < -0.3 is 9.47 Å². The van der Waals surface area contributed by atoms with E-state index in [2.05, 4.69) is 6.07 Å². The van der Waals surface area contributed by atoms with Crippen molar-refractivity contribution in [1.29, 1.82) is 0 Å². The molecule has 0 saturated heterocycles. The zero-order valence-corrected chi connectivity index (χ0v) is 12.3. The highest BCUT2D eigenvalue weighted by atomic mass is 16.6. The summed E-state index contributed by atoms with van der Waals surface area (Å²) in [5.41, 5.74) is 1.69. The van der Waals surface area contributed by atoms with Gasteiger partial charge in [0.1, 0.15) is 0 Å². The van der Waals surface area contributed by atoms with Crippen LogP contribution in [-0.4, -0.2) is 25.2 Å². The Morgan fingerprint density at radius 1 is 1.09 bits per heavy atom. The van der Waals surface area contributed by atoms with Crippen molar-refractivity contribution in [2.24, 2.45) is 0 Å². The first-order chi connectivity index (χ1) is 10.7. The lowest BCUT2D eigenvalue weighted by molar-refractivity contribution is -0.165. The van der Waals surface area contributed by atoms with E-state index in [1.54, 1.807) is 18.2 Å². The number of benzene rings is 2. The lowest BCUT2D eigenvalue weighted by Gasteiger charge is -2.16. The molecule has 0 spiro atoms. The molecule has 2 rings (SSSR count). The van der Waals surface area contributed by atoms with Gasteiger partial charge in [-0.05, 0) is 17.2 Å². The van der Waals surface area contributed by atoms with Gasteiger partial charge in [0.05, 0.1) is 13.5 Å². The molecule has 4 nitrogen and oxygen atoms in total. The number of hydrogen-bond acceptors (Lipinski definition) is 4. The van der Waals surface area contributed by atoms with Gasteiger partial charge in [-0.3, -0.25) is 4.79 Å². The molecule has 0 saturated carbocycles. The summed E-state index contributed by atoms with van der Waals surface area (Å²) in [7, 11) is 1.28. The molecule has 2 aromatic carbocycles. The number of methoxy groups -OCH3 is 1. The normalized spacial score (nSPS) is 11.5. The van der Waals surface area contributed by atoms with Crippen molar-refractivity contribution in [1.82, 2.24) is 0 Å². The van der Waals surface area contributed by atoms with Gasteiger partial charge in [0.25, 0.3) is 0 Å². The predicted octanol–water partition coefficient (Wildman–Crippen LogP) is 2.36. The van der Waals surface area contributed by atoms with Gasteiger partial charge in [-0.2, -0.15) is 0 Å². The van der Waals surface area contributed by atoms with Gasteiger partial charge in [-0.15, -0.1) is 0 Å². The zero-order chi connectivity index (χ0) is 15.8. The Kier molecular flexibility index (Phi) is 5.72. The van der Waals surface area contributed by atoms with Gasteiger partial charge >= 0.3 is 11.9 Å². The van der Waals surface area contributed by atoms with Gasteiger partial charge in [0, 0.05) is 6.42 Å². The second kappa shape index (κ2) is 7.98. The average Bonchev–Trinajstić information content (AvgIpc) is 2.55. The molecule has 0 aliphatic carbocycles. The van der Waals surface area contributed by atoms with E-state index < -0.39 is 18.0 Å². The highest BCUT2D eigenvalue weighted by molar-refractivity contribution is 5.80. The fourth-order valence-corrected chi connectivity index (χ4v) is 2.04. The van der Waals surface area contributed by atoms with Crippen LogP contribution in [0.25, 0.3) is 0 Å². The molecule has 0 amide bonds. The minimum Gasteiger partial charge on any atom is -0.466 e. The smallest absolute Gasteiger partial charge is 0.347 e. The maximum absolute atomic E-state index is 12.0. The predicted molar refractivity (Wildman–Crippen MR) is 81.0 cm³/mol. The molecule has 4 heteroatoms. The molecule has 0 aliphatic rings. The first kappa shape index (κ1) is 15.8. The Labute approximate surface area is 129 Å². The van der Waals surface area contributed by atoms with Crippen LogP contribution in [0.15, 0.2) is 54.6 Å². The Hall–Kier alpha value is -2.62. The van der Waals surface area contributed by atoms with E-state index in [1.807, 2.05) is 36.4 Å². The van der Waals surface area contributed by atoms with E-state index >= 15 is 0 Å². The number of esters is 2. The third kappa shape index (κ3) is 4.74. The van der Waals surface area contributed by atoms with Crippen LogP contribution >= 0.6 is 0 Å². The van der Waals surface area contributed by atoms with Crippen LogP contribution in [0.5, 0.6) is 0 Å². The number of carbonyl (C=O) groups is 2. The summed E-state index contributed by atoms with van der Waals surface area (Å²) in [4.78, 5) is 23.8. The molecule has 0 aliphatic heterocycles. The lowest BCUT2D eigenvalue weighted by atomic mass is 10.1. The minimum absolute atomic E-state index is 0.0968. The van der Waals surface area contributed by atoms with Gasteiger partial charge in [0.15, 0.2) is 0 Å². The Balaban J connectivity index is 2.00. The molecule has 0 N–H and O–H groups in total. The van der Waals surface area contributed by atoms with E-state index in [-0.39, 0.29) is 6.42 Å². The topological polar surface area (TPSA) is 52.6 Å². The molecule has 1 atom stereocenters. The van der Waals surface area contributed by atoms with Gasteiger partial charge in [-0.25, -0.2) is 4.79 Å². The number of hydrogen-bond donors (Lipinski definition) is 0. The van der Waals surface area contributed by atoms with Crippen LogP contribution < -0.4 is 0 Å². The van der Waals surface area contributed by atoms with Crippen molar-refractivity contribution in [2.45, 2.75) is 18.9 Å². The fraction of sp³-hybridized carbons (Fsp3) is 0.222. The third-order valence-electron chi connectivity index (χ3n) is 3.12. The summed E-state index contributed by atoms with van der Waals surface area (Å²) in [6, 6.07) is 19.3. The van der Waals surface area contributed by atoms with Crippen molar-refractivity contribution in [2.75, 3.05) is 7.11 Å². The Bertz CT molecular complexity index is 607. The van der Waals surface area contributed by atoms with Crippen molar-refractivity contribution in [3.8, 4) is 0 Å². The summed E-state index contributed by atoms with van der Waals surface area (Å²) in [6.07, 6.45) is -0.549. The Morgan fingerprint density at radius 3 is 2.45 bits per heavy atom. The summed E-state index contributed by atoms with van der Waals surface area (Å²) in [6.45, 7) is 0. The molecular formula is C18H17O4. The molecule has 22 heavy (non-hydrogen) atoms. The van der Waals surface area contributed by atoms with Gasteiger partial charge in [-0.1, -0.05) is 54.6 Å². The fourth-order valence-electron chi connectivity index (χ4n) is 2.04. The van der Waals surface area contributed by atoms with Crippen LogP contribution in [0.3, 0.4) is 0 Å². The molecule has 2 aromatic rings. The quantitative estimate of drug-likeness (QED) is 0.768. The summed E-state index contributed by atoms with van der Waals surface area (Å²) in [5, 5.41) is 0. The van der Waals surface area contributed by atoms with Crippen molar-refractivity contribution < 1.29 is 19.1 Å². The molecule has 113 valence electrons. The first-order valence-electron chi connectivity index (χ1n) is 6.95. The second-order valence-corrected chi connectivity index (χ2v) is 4.78. The van der Waals surface area contributed by atoms with E-state index in [9.17, 15) is 9.59 Å². The number of ether oxygens (including phenoxy) is 2. The van der Waals surface area contributed by atoms with Crippen LogP contribution in [0.4, 0.5) is 0 Å². The number of rotatable bonds is 6. The van der Waals surface area contributed by atoms with Crippen LogP contribution in [0, 0.1) is 6.07 Å². The molecular weight excluding hydrogens is 280 g/mol. The van der Waals surface area contributed by atoms with E-state index in [0.717, 1.165) is 11.1 Å². The number of carbonyl (C=O) groups excluding carboxylic acids is 2. The summed E-state index contributed by atoms with van der Waals surface area (Å²) < 4.78 is 10.00. The van der Waals surface area contributed by atoms with Crippen LogP contribution in [0.2, 0.25) is 0 Å². The molecule has 0 heterocycles. The molecule has 1 unspecified atom stereocenters. The van der Waals surface area contributed by atoms with E-state index in [1.165, 1.54) is 7.11 Å². The largest absolute Gasteiger partial charge is 0.466 e. The maximum Gasteiger partial charge on any atom is 0.347 e. The second-order valence-electron chi connectivity index (χ2n) is 4.78. The zero-order valence-electron chi connectivity index (χ0n) is 12.3. The highest BCUT2D eigenvalue weighted by Gasteiger charge is 2.24. The highest BCUT2D eigenvalue weighted by Crippen LogP contribution is 2.10.